The van der Waals surface area contributed by atoms with Gasteiger partial charge in [0.15, 0.2) is 6.61 Å². The lowest BCUT2D eigenvalue weighted by molar-refractivity contribution is -0.123. The van der Waals surface area contributed by atoms with Crippen LogP contribution in [0.4, 0.5) is 0 Å². The van der Waals surface area contributed by atoms with E-state index >= 15 is 0 Å². The molecule has 5 heteroatoms. The molecule has 0 radical (unpaired) electrons. The third-order valence-corrected chi connectivity index (χ3v) is 2.61. The Kier molecular flexibility index (Phi) is 9.00. The van der Waals surface area contributed by atoms with Gasteiger partial charge in [0.05, 0.1) is 0 Å². The van der Waals surface area contributed by atoms with Gasteiger partial charge in [0.1, 0.15) is 5.75 Å². The minimum atomic E-state index is -0.0777. The lowest BCUT2D eigenvalue weighted by Gasteiger charge is -2.10. The summed E-state index contributed by atoms with van der Waals surface area (Å²) in [5, 5.41) is 5.84. The van der Waals surface area contributed by atoms with Gasteiger partial charge in [0, 0.05) is 6.54 Å². The average molecular weight is 287 g/mol. The second-order valence-electron chi connectivity index (χ2n) is 4.36. The molecular formula is C14H23ClN2O2. The molecule has 0 atom stereocenters. The second kappa shape index (κ2) is 9.64. The molecule has 0 saturated heterocycles. The first-order valence-corrected chi connectivity index (χ1v) is 6.25. The van der Waals surface area contributed by atoms with Crippen molar-refractivity contribution >= 4 is 18.3 Å². The Morgan fingerprint density at radius 3 is 2.63 bits per heavy atom. The molecule has 0 aliphatic carbocycles. The molecular weight excluding hydrogens is 264 g/mol. The van der Waals surface area contributed by atoms with Gasteiger partial charge in [-0.15, -0.1) is 12.4 Å². The Bertz CT molecular complexity index is 397. The summed E-state index contributed by atoms with van der Waals surface area (Å²) in [7, 11) is 1.89. The highest BCUT2D eigenvalue weighted by Crippen LogP contribution is 2.18. The molecule has 0 aliphatic heterocycles. The smallest absolute Gasteiger partial charge is 0.257 e. The zero-order valence-electron chi connectivity index (χ0n) is 11.8. The zero-order valence-corrected chi connectivity index (χ0v) is 12.6. The Balaban J connectivity index is 0.00000324. The molecule has 0 spiro atoms. The van der Waals surface area contributed by atoms with E-state index in [9.17, 15) is 4.79 Å². The van der Waals surface area contributed by atoms with Crippen molar-refractivity contribution in [2.45, 2.75) is 20.3 Å². The van der Waals surface area contributed by atoms with E-state index in [2.05, 4.69) is 10.6 Å². The van der Waals surface area contributed by atoms with Crippen LogP contribution in [0.2, 0.25) is 0 Å². The van der Waals surface area contributed by atoms with Crippen LogP contribution in [0, 0.1) is 13.8 Å². The zero-order chi connectivity index (χ0) is 13.4. The van der Waals surface area contributed by atoms with Crippen molar-refractivity contribution in [2.75, 3.05) is 26.7 Å². The maximum Gasteiger partial charge on any atom is 0.257 e. The van der Waals surface area contributed by atoms with E-state index in [-0.39, 0.29) is 24.9 Å². The first-order chi connectivity index (χ1) is 8.63. The fourth-order valence-electron chi connectivity index (χ4n) is 1.65. The molecule has 0 heterocycles. The highest BCUT2D eigenvalue weighted by molar-refractivity contribution is 5.85. The fourth-order valence-corrected chi connectivity index (χ4v) is 1.65. The van der Waals surface area contributed by atoms with Gasteiger partial charge in [-0.3, -0.25) is 4.79 Å². The number of carbonyl (C=O) groups excluding carboxylic acids is 1. The normalized spacial score (nSPS) is 9.63. The predicted molar refractivity (Wildman–Crippen MR) is 80.2 cm³/mol. The largest absolute Gasteiger partial charge is 0.484 e. The third kappa shape index (κ3) is 7.03. The summed E-state index contributed by atoms with van der Waals surface area (Å²) in [4.78, 5) is 11.5. The summed E-state index contributed by atoms with van der Waals surface area (Å²) >= 11 is 0. The lowest BCUT2D eigenvalue weighted by Crippen LogP contribution is -2.31. The molecule has 0 fully saturated rings. The van der Waals surface area contributed by atoms with Crippen LogP contribution in [0.1, 0.15) is 17.5 Å². The molecule has 1 aromatic rings. The van der Waals surface area contributed by atoms with Crippen LogP contribution in [0.3, 0.4) is 0 Å². The van der Waals surface area contributed by atoms with E-state index in [0.29, 0.717) is 6.54 Å². The van der Waals surface area contributed by atoms with Gasteiger partial charge in [-0.2, -0.15) is 0 Å². The number of carbonyl (C=O) groups is 1. The number of benzene rings is 1. The van der Waals surface area contributed by atoms with Gasteiger partial charge in [0.2, 0.25) is 0 Å². The summed E-state index contributed by atoms with van der Waals surface area (Å²) < 4.78 is 5.48. The summed E-state index contributed by atoms with van der Waals surface area (Å²) in [6.07, 6.45) is 0.922. The molecule has 0 saturated carbocycles. The molecule has 4 nitrogen and oxygen atoms in total. The molecule has 0 unspecified atom stereocenters. The summed E-state index contributed by atoms with van der Waals surface area (Å²) in [6, 6.07) is 5.92. The van der Waals surface area contributed by atoms with Crippen LogP contribution < -0.4 is 15.4 Å². The van der Waals surface area contributed by atoms with E-state index in [4.69, 9.17) is 4.74 Å². The Hall–Kier alpha value is -1.26. The van der Waals surface area contributed by atoms with Crippen LogP contribution in [-0.4, -0.2) is 32.7 Å². The molecule has 0 aromatic heterocycles. The average Bonchev–Trinajstić information content (AvgIpc) is 2.33. The monoisotopic (exact) mass is 286 g/mol. The fraction of sp³-hybridized carbons (Fsp3) is 0.500. The number of halogens is 1. The Morgan fingerprint density at radius 2 is 2.00 bits per heavy atom. The highest BCUT2D eigenvalue weighted by atomic mass is 35.5. The molecule has 19 heavy (non-hydrogen) atoms. The number of rotatable bonds is 7. The van der Waals surface area contributed by atoms with E-state index in [0.717, 1.165) is 24.3 Å². The predicted octanol–water partition coefficient (Wildman–Crippen LogP) is 1.83. The lowest BCUT2D eigenvalue weighted by atomic mass is 10.1. The number of hydrogen-bond acceptors (Lipinski definition) is 3. The highest BCUT2D eigenvalue weighted by Gasteiger charge is 2.04. The number of amides is 1. The van der Waals surface area contributed by atoms with Gasteiger partial charge in [-0.05, 0) is 45.5 Å². The van der Waals surface area contributed by atoms with Crippen molar-refractivity contribution in [3.8, 4) is 5.75 Å². The van der Waals surface area contributed by atoms with Crippen molar-refractivity contribution in [1.82, 2.24) is 10.6 Å². The van der Waals surface area contributed by atoms with Gasteiger partial charge < -0.3 is 15.4 Å². The van der Waals surface area contributed by atoms with E-state index in [1.807, 2.05) is 39.1 Å². The minimum absolute atomic E-state index is 0. The molecule has 1 rings (SSSR count). The molecule has 0 bridgehead atoms. The first kappa shape index (κ1) is 17.7. The van der Waals surface area contributed by atoms with E-state index in [1.165, 1.54) is 5.56 Å². The Morgan fingerprint density at radius 1 is 1.26 bits per heavy atom. The minimum Gasteiger partial charge on any atom is -0.484 e. The van der Waals surface area contributed by atoms with E-state index in [1.54, 1.807) is 0 Å². The SMILES string of the molecule is CNCCCNC(=O)COc1ccc(C)cc1C.Cl. The number of nitrogens with one attached hydrogen (secondary N) is 2. The van der Waals surface area contributed by atoms with Crippen LogP contribution >= 0.6 is 12.4 Å². The van der Waals surface area contributed by atoms with Crippen LogP contribution in [-0.2, 0) is 4.79 Å². The quantitative estimate of drug-likeness (QED) is 0.752. The second-order valence-corrected chi connectivity index (χ2v) is 4.36. The maximum absolute atomic E-state index is 11.5. The van der Waals surface area contributed by atoms with Gasteiger partial charge in [-0.1, -0.05) is 17.7 Å². The summed E-state index contributed by atoms with van der Waals surface area (Å²) in [5.74, 6) is 0.692. The van der Waals surface area contributed by atoms with Crippen LogP contribution in [0.5, 0.6) is 5.75 Å². The molecule has 1 amide bonds. The van der Waals surface area contributed by atoms with Crippen LogP contribution in [0.15, 0.2) is 18.2 Å². The van der Waals surface area contributed by atoms with Crippen LogP contribution in [0.25, 0.3) is 0 Å². The summed E-state index contributed by atoms with van der Waals surface area (Å²) in [6.45, 7) is 5.66. The number of aryl methyl sites for hydroxylation is 2. The van der Waals surface area contributed by atoms with Crippen molar-refractivity contribution < 1.29 is 9.53 Å². The first-order valence-electron chi connectivity index (χ1n) is 6.25. The molecule has 108 valence electrons. The molecule has 0 aliphatic rings. The van der Waals surface area contributed by atoms with Crippen molar-refractivity contribution in [1.29, 1.82) is 0 Å². The molecule has 2 N–H and O–H groups in total. The third-order valence-electron chi connectivity index (χ3n) is 2.61. The topological polar surface area (TPSA) is 50.4 Å². The van der Waals surface area contributed by atoms with Gasteiger partial charge in [0.25, 0.3) is 5.91 Å². The maximum atomic E-state index is 11.5. The van der Waals surface area contributed by atoms with E-state index < -0.39 is 0 Å². The van der Waals surface area contributed by atoms with Crippen molar-refractivity contribution in [3.63, 3.8) is 0 Å². The number of hydrogen-bond donors (Lipinski definition) is 2. The standard InChI is InChI=1S/C14H22N2O2.ClH/c1-11-5-6-13(12(2)9-11)18-10-14(17)16-8-4-7-15-3;/h5-6,9,15H,4,7-8,10H2,1-3H3,(H,16,17);1H. The van der Waals surface area contributed by atoms with Gasteiger partial charge in [-0.25, -0.2) is 0 Å². The summed E-state index contributed by atoms with van der Waals surface area (Å²) in [5.41, 5.74) is 2.24. The molecule has 1 aromatic carbocycles. The van der Waals surface area contributed by atoms with Crippen molar-refractivity contribution in [2.24, 2.45) is 0 Å². The van der Waals surface area contributed by atoms with Crippen molar-refractivity contribution in [3.05, 3.63) is 29.3 Å². The number of ether oxygens (including phenoxy) is 1. The van der Waals surface area contributed by atoms with Gasteiger partial charge >= 0.3 is 0 Å². The Labute approximate surface area is 121 Å².